The monoisotopic (exact) mass is 386 g/mol. The van der Waals surface area contributed by atoms with Crippen molar-refractivity contribution < 1.29 is 14.3 Å². The molecule has 1 atom stereocenters. The van der Waals surface area contributed by atoms with E-state index in [2.05, 4.69) is 10.4 Å². The van der Waals surface area contributed by atoms with Crippen molar-refractivity contribution in [2.45, 2.75) is 12.6 Å². The van der Waals surface area contributed by atoms with Crippen molar-refractivity contribution in [1.82, 2.24) is 19.7 Å². The number of amides is 1. The molecule has 9 heteroatoms. The highest BCUT2D eigenvalue weighted by Crippen LogP contribution is 2.30. The molecule has 3 aromatic rings. The SMILES string of the molecule is Cn1c(-c2cccs2)nn(CCNC(=O)[C@@H]2COc3ccccc3O2)c1=O. The zero-order valence-corrected chi connectivity index (χ0v) is 15.4. The van der Waals surface area contributed by atoms with Gasteiger partial charge in [0, 0.05) is 13.6 Å². The summed E-state index contributed by atoms with van der Waals surface area (Å²) in [6.07, 6.45) is -0.720. The van der Waals surface area contributed by atoms with Crippen LogP contribution in [0.25, 0.3) is 10.7 Å². The summed E-state index contributed by atoms with van der Waals surface area (Å²) in [5.74, 6) is 1.50. The molecule has 1 amide bonds. The topological polar surface area (TPSA) is 87.4 Å². The number of rotatable bonds is 5. The number of hydrogen-bond donors (Lipinski definition) is 1. The number of nitrogens with one attached hydrogen (secondary N) is 1. The lowest BCUT2D eigenvalue weighted by Gasteiger charge is -2.25. The Kier molecular flexibility index (Phi) is 4.68. The molecular weight excluding hydrogens is 368 g/mol. The van der Waals surface area contributed by atoms with Crippen LogP contribution < -0.4 is 20.5 Å². The van der Waals surface area contributed by atoms with E-state index in [-0.39, 0.29) is 31.3 Å². The number of carbonyl (C=O) groups is 1. The van der Waals surface area contributed by atoms with Crippen LogP contribution in [-0.4, -0.2) is 39.5 Å². The Morgan fingerprint density at radius 2 is 2.11 bits per heavy atom. The minimum atomic E-state index is -0.720. The molecule has 0 fully saturated rings. The second-order valence-electron chi connectivity index (χ2n) is 6.02. The van der Waals surface area contributed by atoms with Gasteiger partial charge < -0.3 is 14.8 Å². The van der Waals surface area contributed by atoms with Crippen LogP contribution in [0, 0.1) is 0 Å². The summed E-state index contributed by atoms with van der Waals surface area (Å²) in [7, 11) is 1.68. The number of hydrogen-bond acceptors (Lipinski definition) is 6. The van der Waals surface area contributed by atoms with Crippen molar-refractivity contribution in [3.8, 4) is 22.2 Å². The molecule has 1 N–H and O–H groups in total. The fourth-order valence-corrected chi connectivity index (χ4v) is 3.55. The van der Waals surface area contributed by atoms with E-state index in [1.807, 2.05) is 29.6 Å². The number of ether oxygens (including phenoxy) is 2. The maximum absolute atomic E-state index is 12.3. The predicted molar refractivity (Wildman–Crippen MR) is 100 cm³/mol. The third kappa shape index (κ3) is 3.45. The molecule has 1 aliphatic heterocycles. The van der Waals surface area contributed by atoms with Gasteiger partial charge in [0.15, 0.2) is 17.3 Å². The molecule has 27 heavy (non-hydrogen) atoms. The van der Waals surface area contributed by atoms with Gasteiger partial charge in [0.1, 0.15) is 6.61 Å². The van der Waals surface area contributed by atoms with Crippen molar-refractivity contribution in [1.29, 1.82) is 0 Å². The normalized spacial score (nSPS) is 15.5. The van der Waals surface area contributed by atoms with Gasteiger partial charge in [-0.2, -0.15) is 0 Å². The zero-order valence-electron chi connectivity index (χ0n) is 14.6. The molecule has 1 aromatic carbocycles. The van der Waals surface area contributed by atoms with E-state index in [0.717, 1.165) is 4.88 Å². The lowest BCUT2D eigenvalue weighted by Crippen LogP contribution is -2.45. The molecule has 1 aliphatic rings. The van der Waals surface area contributed by atoms with Gasteiger partial charge in [0.2, 0.25) is 6.10 Å². The van der Waals surface area contributed by atoms with E-state index in [4.69, 9.17) is 9.47 Å². The van der Waals surface area contributed by atoms with Crippen LogP contribution in [0.2, 0.25) is 0 Å². The summed E-state index contributed by atoms with van der Waals surface area (Å²) in [4.78, 5) is 25.5. The molecule has 8 nitrogen and oxygen atoms in total. The highest BCUT2D eigenvalue weighted by molar-refractivity contribution is 7.13. The largest absolute Gasteiger partial charge is 0.485 e. The molecule has 0 spiro atoms. The van der Waals surface area contributed by atoms with E-state index in [0.29, 0.717) is 17.3 Å². The van der Waals surface area contributed by atoms with Crippen molar-refractivity contribution in [2.75, 3.05) is 13.2 Å². The molecule has 2 aromatic heterocycles. The van der Waals surface area contributed by atoms with Gasteiger partial charge in [-0.15, -0.1) is 16.4 Å². The van der Waals surface area contributed by atoms with Gasteiger partial charge in [0.05, 0.1) is 11.4 Å². The average molecular weight is 386 g/mol. The number of nitrogens with zero attached hydrogens (tertiary/aromatic N) is 3. The minimum Gasteiger partial charge on any atom is -0.485 e. The van der Waals surface area contributed by atoms with Gasteiger partial charge in [-0.1, -0.05) is 18.2 Å². The highest BCUT2D eigenvalue weighted by Gasteiger charge is 2.27. The van der Waals surface area contributed by atoms with Gasteiger partial charge >= 0.3 is 5.69 Å². The number of benzene rings is 1. The van der Waals surface area contributed by atoms with E-state index in [1.165, 1.54) is 20.6 Å². The summed E-state index contributed by atoms with van der Waals surface area (Å²) in [5.41, 5.74) is -0.223. The molecule has 140 valence electrons. The van der Waals surface area contributed by atoms with Crippen LogP contribution >= 0.6 is 11.3 Å². The van der Waals surface area contributed by atoms with E-state index in [1.54, 1.807) is 19.2 Å². The van der Waals surface area contributed by atoms with Crippen LogP contribution in [0.15, 0.2) is 46.6 Å². The molecule has 4 rings (SSSR count). The molecule has 3 heterocycles. The number of thiophene rings is 1. The Morgan fingerprint density at radius 1 is 1.30 bits per heavy atom. The fraction of sp³-hybridized carbons (Fsp3) is 0.278. The average Bonchev–Trinajstić information content (AvgIpc) is 3.31. The first kappa shape index (κ1) is 17.3. The Balaban J connectivity index is 1.36. The van der Waals surface area contributed by atoms with Gasteiger partial charge in [-0.25, -0.2) is 9.48 Å². The van der Waals surface area contributed by atoms with Gasteiger partial charge in [-0.05, 0) is 23.6 Å². The summed E-state index contributed by atoms with van der Waals surface area (Å²) in [6.45, 7) is 0.685. The van der Waals surface area contributed by atoms with Gasteiger partial charge in [-0.3, -0.25) is 9.36 Å². The third-order valence-electron chi connectivity index (χ3n) is 4.21. The van der Waals surface area contributed by atoms with Crippen molar-refractivity contribution >= 4 is 17.2 Å². The maximum Gasteiger partial charge on any atom is 0.346 e. The molecule has 0 aliphatic carbocycles. The Labute approximate surface area is 159 Å². The second-order valence-corrected chi connectivity index (χ2v) is 6.97. The van der Waals surface area contributed by atoms with Crippen molar-refractivity contribution in [3.05, 3.63) is 52.3 Å². The van der Waals surface area contributed by atoms with E-state index >= 15 is 0 Å². The first-order valence-corrected chi connectivity index (χ1v) is 9.35. The number of carbonyl (C=O) groups excluding carboxylic acids is 1. The van der Waals surface area contributed by atoms with E-state index in [9.17, 15) is 9.59 Å². The number of aromatic nitrogens is 3. The second kappa shape index (κ2) is 7.28. The molecule has 0 unspecified atom stereocenters. The minimum absolute atomic E-state index is 0.148. The lowest BCUT2D eigenvalue weighted by molar-refractivity contribution is -0.130. The summed E-state index contributed by atoms with van der Waals surface area (Å²) < 4.78 is 14.1. The standard InChI is InChI=1S/C18H18N4O4S/c1-21-16(15-7-4-10-27-15)20-22(18(21)24)9-8-19-17(23)14-11-25-12-5-2-3-6-13(12)26-14/h2-7,10,14H,8-9,11H2,1H3,(H,19,23)/t14-/m0/s1. The quantitative estimate of drug-likeness (QED) is 0.714. The predicted octanol–water partition coefficient (Wildman–Crippen LogP) is 1.27. The first-order valence-electron chi connectivity index (χ1n) is 8.47. The Hall–Kier alpha value is -3.07. The smallest absolute Gasteiger partial charge is 0.346 e. The van der Waals surface area contributed by atoms with Crippen molar-refractivity contribution in [2.24, 2.45) is 7.05 Å². The Bertz CT molecular complexity index is 1010. The lowest BCUT2D eigenvalue weighted by atomic mass is 10.2. The van der Waals surface area contributed by atoms with Crippen LogP contribution in [-0.2, 0) is 18.4 Å². The first-order chi connectivity index (χ1) is 13.1. The van der Waals surface area contributed by atoms with Gasteiger partial charge in [0.25, 0.3) is 5.91 Å². The molecule has 0 saturated heterocycles. The van der Waals surface area contributed by atoms with Crippen LogP contribution in [0.1, 0.15) is 0 Å². The number of para-hydroxylation sites is 2. The molecule has 0 radical (unpaired) electrons. The number of fused-ring (bicyclic) bond motifs is 1. The maximum atomic E-state index is 12.3. The zero-order chi connectivity index (χ0) is 18.8. The Morgan fingerprint density at radius 3 is 2.89 bits per heavy atom. The molecule has 0 saturated carbocycles. The third-order valence-corrected chi connectivity index (χ3v) is 5.07. The highest BCUT2D eigenvalue weighted by atomic mass is 32.1. The van der Waals surface area contributed by atoms with Crippen LogP contribution in [0.3, 0.4) is 0 Å². The molecular formula is C18H18N4O4S. The fourth-order valence-electron chi connectivity index (χ4n) is 2.80. The van der Waals surface area contributed by atoms with E-state index < -0.39 is 6.10 Å². The summed E-state index contributed by atoms with van der Waals surface area (Å²) in [6, 6.07) is 11.0. The summed E-state index contributed by atoms with van der Waals surface area (Å²) >= 11 is 1.52. The van der Waals surface area contributed by atoms with Crippen LogP contribution in [0.4, 0.5) is 0 Å². The summed E-state index contributed by atoms with van der Waals surface area (Å²) in [5, 5.41) is 9.07. The molecule has 0 bridgehead atoms. The van der Waals surface area contributed by atoms with Crippen molar-refractivity contribution in [3.63, 3.8) is 0 Å². The van der Waals surface area contributed by atoms with Crippen LogP contribution in [0.5, 0.6) is 11.5 Å².